The van der Waals surface area contributed by atoms with E-state index in [-0.39, 0.29) is 0 Å². The molecule has 0 aliphatic carbocycles. The molecule has 0 bridgehead atoms. The van der Waals surface area contributed by atoms with Crippen LogP contribution < -0.4 is 0 Å². The van der Waals surface area contributed by atoms with Crippen molar-refractivity contribution in [1.82, 2.24) is 0 Å². The molecule has 0 heterocycles. The van der Waals surface area contributed by atoms with Crippen LogP contribution in [0.2, 0.25) is 0 Å². The van der Waals surface area contributed by atoms with Gasteiger partial charge in [0.25, 0.3) is 0 Å². The van der Waals surface area contributed by atoms with Crippen molar-refractivity contribution in [3.05, 3.63) is 177 Å². The largest absolute Gasteiger partial charge is 0.343 e. The Labute approximate surface area is 311 Å². The van der Waals surface area contributed by atoms with Gasteiger partial charge in [-0.15, -0.1) is 91.2 Å². The second kappa shape index (κ2) is 227. The van der Waals surface area contributed by atoms with Crippen molar-refractivity contribution < 1.29 is 0 Å². The zero-order valence-electron chi connectivity index (χ0n) is 33.2. The van der Waals surface area contributed by atoms with E-state index in [4.69, 9.17) is 0 Å². The predicted molar refractivity (Wildman–Crippen MR) is 238 cm³/mol. The molecule has 47 heavy (non-hydrogen) atoms. The van der Waals surface area contributed by atoms with Crippen LogP contribution in [0.5, 0.6) is 0 Å². The Bertz CT molecular complexity index is 161. The topological polar surface area (TPSA) is 0 Å². The smallest absolute Gasteiger partial charge is 0.0826 e. The second-order valence-corrected chi connectivity index (χ2v) is 7.42. The molecule has 0 saturated heterocycles. The van der Waals surface area contributed by atoms with Gasteiger partial charge in [-0.1, -0.05) is 0 Å². The van der Waals surface area contributed by atoms with E-state index in [1.54, 1.807) is 0 Å². The molecule has 0 unspecified atom stereocenters. The van der Waals surface area contributed by atoms with Gasteiger partial charge in [-0.3, -0.25) is 0 Å². The molecule has 0 rings (SSSR count). The van der Waals surface area contributed by atoms with Gasteiger partial charge < -0.3 is 62.3 Å². The van der Waals surface area contributed by atoms with Gasteiger partial charge in [-0.2, -0.15) is 19.3 Å². The van der Waals surface area contributed by atoms with Crippen molar-refractivity contribution in [2.24, 2.45) is 0 Å². The second-order valence-electron chi connectivity index (χ2n) is 7.42. The summed E-state index contributed by atoms with van der Waals surface area (Å²) in [5.41, 5.74) is 0. The number of hydrogen-bond donors (Lipinski definition) is 0. The lowest BCUT2D eigenvalue weighted by Crippen LogP contribution is -1.60. The zero-order valence-corrected chi connectivity index (χ0v) is 33.2. The van der Waals surface area contributed by atoms with Crippen molar-refractivity contribution in [3.8, 4) is 0 Å². The molecule has 0 N–H and O–H groups in total. The third-order valence-corrected chi connectivity index (χ3v) is 3.00. The van der Waals surface area contributed by atoms with Crippen molar-refractivity contribution in [2.45, 2.75) is 135 Å². The summed E-state index contributed by atoms with van der Waals surface area (Å²) in [5, 5.41) is 0. The van der Waals surface area contributed by atoms with Gasteiger partial charge >= 0.3 is 0 Å². The van der Waals surface area contributed by atoms with Gasteiger partial charge in [-0.25, -0.2) is 0 Å². The third kappa shape index (κ3) is 798. The highest BCUT2D eigenvalue weighted by molar-refractivity contribution is 4.43. The average molecular weight is 659 g/mol. The summed E-state index contributed by atoms with van der Waals surface area (Å²) in [6, 6.07) is 0. The van der Waals surface area contributed by atoms with Gasteiger partial charge in [0, 0.05) is 0 Å². The van der Waals surface area contributed by atoms with Gasteiger partial charge in [0.15, 0.2) is 0 Å². The van der Waals surface area contributed by atoms with Crippen molar-refractivity contribution >= 4 is 0 Å². The first-order valence-corrected chi connectivity index (χ1v) is 17.0. The van der Waals surface area contributed by atoms with E-state index in [2.05, 4.69) is 177 Å². The van der Waals surface area contributed by atoms with Crippen LogP contribution in [0.25, 0.3) is 0 Å². The maximum absolute atomic E-state index is 3.64. The molecule has 0 aliphatic rings. The van der Waals surface area contributed by atoms with E-state index in [1.807, 2.05) is 0 Å². The van der Waals surface area contributed by atoms with Crippen LogP contribution in [-0.4, -0.2) is 0 Å². The predicted octanol–water partition coefficient (Wildman–Crippen LogP) is 17.3. The maximum atomic E-state index is 3.64. The van der Waals surface area contributed by atoms with Crippen molar-refractivity contribution in [3.63, 3.8) is 0 Å². The van der Waals surface area contributed by atoms with Crippen molar-refractivity contribution in [2.75, 3.05) is 0 Å². The van der Waals surface area contributed by atoms with Crippen LogP contribution in [0.15, 0.2) is 52.6 Å². The standard InChI is InChI=1S/3C5H10.6C4H8.4C2H4/c3*1-3-5-4-2;6*1-3-4-2;4*1-2/h3*1-5H2;6*1-4H2;4*1-2H2. The summed E-state index contributed by atoms with van der Waals surface area (Å²) in [6.07, 6.45) is 21.2. The lowest BCUT2D eigenvalue weighted by molar-refractivity contribution is 0.864. The fourth-order valence-corrected chi connectivity index (χ4v) is 0.530. The molecule has 0 heteroatoms. The van der Waals surface area contributed by atoms with E-state index in [0.717, 1.165) is 116 Å². The Morgan fingerprint density at radius 1 is 0.213 bits per heavy atom. The molecule has 0 aromatic rings. The summed E-state index contributed by atoms with van der Waals surface area (Å²) < 4.78 is 0. The highest BCUT2D eigenvalue weighted by Crippen LogP contribution is 1.88. The molecule has 0 nitrogen and oxygen atoms in total. The summed E-state index contributed by atoms with van der Waals surface area (Å²) >= 11 is 0. The number of hydrogen-bond acceptors (Lipinski definition) is 0. The Kier molecular flexibility index (Phi) is 411. The maximum Gasteiger partial charge on any atom is 0.0826 e. The molecule has 0 amide bonds. The molecule has 0 fully saturated rings. The molecule has 0 spiro atoms. The van der Waals surface area contributed by atoms with E-state index in [9.17, 15) is 0 Å². The normalized spacial score (nSPS) is 6.66. The summed E-state index contributed by atoms with van der Waals surface area (Å²) in [7, 11) is 0. The summed E-state index contributed by atoms with van der Waals surface area (Å²) in [6.45, 7) is 88.3. The molecule has 0 atom stereocenters. The average Bonchev–Trinajstić information content (AvgIpc) is 3.17. The highest BCUT2D eigenvalue weighted by atomic mass is 13.8. The molecule has 282 valence electrons. The van der Waals surface area contributed by atoms with E-state index < -0.39 is 0 Å². The molecule has 0 aromatic carbocycles. The monoisotopic (exact) mass is 659 g/mol. The minimum atomic E-state index is 0.958. The van der Waals surface area contributed by atoms with Crippen LogP contribution in [0.1, 0.15) is 135 Å². The highest BCUT2D eigenvalue weighted by Gasteiger charge is 1.70. The van der Waals surface area contributed by atoms with Crippen LogP contribution >= 0.6 is 0 Å². The lowest BCUT2D eigenvalue weighted by atomic mass is 10.3. The quantitative estimate of drug-likeness (QED) is 0.145. The molecular formula is C47H94. The Hall–Kier alpha value is -2.21. The Morgan fingerprint density at radius 3 is 0.298 bits per heavy atom. The number of unbranched alkanes of at least 4 members (excludes halogenated alkanes) is 12. The molecular weight excluding hydrogens is 565 g/mol. The first-order valence-electron chi connectivity index (χ1n) is 17.0. The minimum Gasteiger partial charge on any atom is -0.343 e. The third-order valence-electron chi connectivity index (χ3n) is 3.00. The molecule has 0 aliphatic heterocycles. The molecule has 0 aromatic heterocycles. The van der Waals surface area contributed by atoms with E-state index >= 15 is 0 Å². The first kappa shape index (κ1) is 85.0. The van der Waals surface area contributed by atoms with E-state index in [1.165, 1.54) is 19.3 Å². The Balaban J connectivity index is -0.0000000245. The van der Waals surface area contributed by atoms with Crippen LogP contribution in [0.3, 0.4) is 0 Å². The van der Waals surface area contributed by atoms with Gasteiger partial charge in [0.05, 0.1) is 120 Å². The lowest BCUT2D eigenvalue weighted by Gasteiger charge is -1.81. The van der Waals surface area contributed by atoms with Crippen LogP contribution in [0, 0.1) is 125 Å². The zero-order chi connectivity index (χ0) is 40.8. The summed E-state index contributed by atoms with van der Waals surface area (Å²) in [5.74, 6) is 0. The fourth-order valence-electron chi connectivity index (χ4n) is 0.530. The minimum absolute atomic E-state index is 0.958. The van der Waals surface area contributed by atoms with Gasteiger partial charge in [-0.05, 0) is 19.3 Å². The number of rotatable bonds is 12. The summed E-state index contributed by atoms with van der Waals surface area (Å²) in [4.78, 5) is 0. The van der Waals surface area contributed by atoms with Crippen molar-refractivity contribution in [1.29, 1.82) is 0 Å². The SMILES string of the molecule is C=C.C=C.C=C.C=C.[CH2+]CCC[CH2-].[CH2+]CCC[CH2-].[CH2+]CCC[CH2-].[CH2+]CC[CH2-].[CH2+]CC[CH2-].[CH2+]CC[CH2-].[CH2+]CC[CH2-].[CH2+]CC[CH2-].[CH2+]CC[CH2-]. The fraction of sp³-hybridized carbons (Fsp3) is 0.447. The van der Waals surface area contributed by atoms with Crippen LogP contribution in [-0.2, 0) is 0 Å². The Morgan fingerprint density at radius 2 is 0.298 bits per heavy atom. The van der Waals surface area contributed by atoms with Gasteiger partial charge in [0.2, 0.25) is 0 Å². The first-order chi connectivity index (χ1) is 22.7. The van der Waals surface area contributed by atoms with Crippen LogP contribution in [0.4, 0.5) is 0 Å². The van der Waals surface area contributed by atoms with E-state index in [0.29, 0.717) is 0 Å². The van der Waals surface area contributed by atoms with Gasteiger partial charge in [0.1, 0.15) is 0 Å². The molecule has 0 radical (unpaired) electrons. The molecule has 0 saturated carbocycles.